The minimum absolute atomic E-state index is 0.0489. The van der Waals surface area contributed by atoms with Crippen LogP contribution in [0.2, 0.25) is 0 Å². The van der Waals surface area contributed by atoms with Crippen molar-refractivity contribution in [2.24, 2.45) is 5.16 Å². The largest absolute Gasteiger partial charge is 0.396 e. The van der Waals surface area contributed by atoms with Crippen molar-refractivity contribution < 1.29 is 13.6 Å². The third-order valence-electron chi connectivity index (χ3n) is 3.88. The van der Waals surface area contributed by atoms with E-state index in [1.54, 1.807) is 0 Å². The molecule has 0 amide bonds. The lowest BCUT2D eigenvalue weighted by Crippen LogP contribution is -2.16. The van der Waals surface area contributed by atoms with E-state index in [0.717, 1.165) is 29.7 Å². The van der Waals surface area contributed by atoms with E-state index in [2.05, 4.69) is 27.2 Å². The van der Waals surface area contributed by atoms with Gasteiger partial charge in [0.25, 0.3) is 0 Å². The maximum atomic E-state index is 13.5. The maximum Gasteiger partial charge on any atom is 0.249 e. The molecule has 0 heterocycles. The van der Waals surface area contributed by atoms with Crippen molar-refractivity contribution in [3.63, 3.8) is 0 Å². The average molecular weight is 374 g/mol. The summed E-state index contributed by atoms with van der Waals surface area (Å²) in [5.74, 6) is -2.56. The Morgan fingerprint density at radius 2 is 2.09 bits per heavy atom. The number of oxime groups is 1. The van der Waals surface area contributed by atoms with Crippen molar-refractivity contribution in [1.82, 2.24) is 0 Å². The maximum absolute atomic E-state index is 13.5. The van der Waals surface area contributed by atoms with Gasteiger partial charge in [-0.05, 0) is 43.7 Å². The molecule has 0 aliphatic heterocycles. The first-order valence-corrected chi connectivity index (χ1v) is 8.92. The number of alkyl halides is 3. The molecule has 1 aliphatic carbocycles. The molecule has 0 fully saturated rings. The fourth-order valence-electron chi connectivity index (χ4n) is 2.73. The summed E-state index contributed by atoms with van der Waals surface area (Å²) in [4.78, 5) is 5.13. The fraction of sp³-hybridized carbons (Fsp3) is 0.588. The zero-order chi connectivity index (χ0) is 16.0. The molecule has 2 nitrogen and oxygen atoms in total. The molecule has 0 atom stereocenters. The van der Waals surface area contributed by atoms with Gasteiger partial charge in [0.2, 0.25) is 5.92 Å². The van der Waals surface area contributed by atoms with Crippen molar-refractivity contribution in [2.75, 3.05) is 11.9 Å². The second-order valence-corrected chi connectivity index (χ2v) is 6.39. The van der Waals surface area contributed by atoms with Gasteiger partial charge in [0.1, 0.15) is 6.61 Å². The van der Waals surface area contributed by atoms with E-state index in [1.165, 1.54) is 5.56 Å². The van der Waals surface area contributed by atoms with Crippen LogP contribution in [0.15, 0.2) is 23.4 Å². The Labute approximate surface area is 139 Å². The van der Waals surface area contributed by atoms with Gasteiger partial charge in [0.05, 0.1) is 5.71 Å². The molecule has 0 spiro atoms. The van der Waals surface area contributed by atoms with Gasteiger partial charge in [0, 0.05) is 23.7 Å². The van der Waals surface area contributed by atoms with Gasteiger partial charge in [-0.1, -0.05) is 39.3 Å². The monoisotopic (exact) mass is 373 g/mol. The van der Waals surface area contributed by atoms with E-state index in [1.807, 2.05) is 19.1 Å². The first-order chi connectivity index (χ1) is 10.6. The average Bonchev–Trinajstić information content (AvgIpc) is 2.87. The van der Waals surface area contributed by atoms with Crippen LogP contribution in [0.4, 0.5) is 8.78 Å². The van der Waals surface area contributed by atoms with Crippen LogP contribution in [0.5, 0.6) is 0 Å². The van der Waals surface area contributed by atoms with Crippen LogP contribution < -0.4 is 0 Å². The van der Waals surface area contributed by atoms with Crippen LogP contribution in [-0.4, -0.2) is 23.6 Å². The lowest BCUT2D eigenvalue weighted by Gasteiger charge is -2.14. The number of fused-ring (bicyclic) bond motifs is 1. The van der Waals surface area contributed by atoms with Crippen molar-refractivity contribution in [1.29, 1.82) is 0 Å². The predicted molar refractivity (Wildman–Crippen MR) is 89.2 cm³/mol. The summed E-state index contributed by atoms with van der Waals surface area (Å²) < 4.78 is 26.9. The number of aryl methyl sites for hydroxylation is 2. The molecule has 0 unspecified atom stereocenters. The van der Waals surface area contributed by atoms with Crippen molar-refractivity contribution >= 4 is 21.6 Å². The summed E-state index contributed by atoms with van der Waals surface area (Å²) in [6.45, 7) is 2.48. The van der Waals surface area contributed by atoms with Gasteiger partial charge >= 0.3 is 0 Å². The Morgan fingerprint density at radius 1 is 1.27 bits per heavy atom. The minimum Gasteiger partial charge on any atom is -0.396 e. The highest BCUT2D eigenvalue weighted by Gasteiger charge is 2.27. The number of hydrogen-bond acceptors (Lipinski definition) is 2. The molecule has 122 valence electrons. The Hall–Kier alpha value is -0.970. The highest BCUT2D eigenvalue weighted by Crippen LogP contribution is 2.28. The molecule has 0 saturated heterocycles. The third-order valence-corrected chi connectivity index (χ3v) is 4.28. The zero-order valence-corrected chi connectivity index (χ0v) is 14.5. The van der Waals surface area contributed by atoms with Crippen molar-refractivity contribution in [3.8, 4) is 0 Å². The Balaban J connectivity index is 1.93. The highest BCUT2D eigenvalue weighted by molar-refractivity contribution is 9.09. The lowest BCUT2D eigenvalue weighted by molar-refractivity contribution is -0.0115. The van der Waals surface area contributed by atoms with Crippen LogP contribution in [0.25, 0.3) is 0 Å². The van der Waals surface area contributed by atoms with Gasteiger partial charge in [-0.15, -0.1) is 0 Å². The summed E-state index contributed by atoms with van der Waals surface area (Å²) in [5, 5.41) is 4.49. The number of benzene rings is 1. The fourth-order valence-corrected chi connectivity index (χ4v) is 3.31. The van der Waals surface area contributed by atoms with Gasteiger partial charge in [-0.3, -0.25) is 0 Å². The molecule has 0 aromatic heterocycles. The lowest BCUT2D eigenvalue weighted by atomic mass is 10.0. The first kappa shape index (κ1) is 17.4. The number of hydrogen-bond donors (Lipinski definition) is 0. The van der Waals surface area contributed by atoms with E-state index in [-0.39, 0.29) is 12.8 Å². The molecule has 0 N–H and O–H groups in total. The number of rotatable bonds is 8. The summed E-state index contributed by atoms with van der Waals surface area (Å²) in [6, 6.07) is 6.20. The summed E-state index contributed by atoms with van der Waals surface area (Å²) in [6.07, 6.45) is 2.92. The molecular formula is C17H22BrF2NO. The quantitative estimate of drug-likeness (QED) is 0.457. The van der Waals surface area contributed by atoms with E-state index >= 15 is 0 Å². The van der Waals surface area contributed by atoms with Crippen LogP contribution >= 0.6 is 15.9 Å². The molecule has 5 heteroatoms. The molecule has 0 bridgehead atoms. The molecule has 22 heavy (non-hydrogen) atoms. The van der Waals surface area contributed by atoms with E-state index < -0.39 is 5.92 Å². The molecule has 1 aromatic carbocycles. The highest BCUT2D eigenvalue weighted by atomic mass is 79.9. The van der Waals surface area contributed by atoms with E-state index in [0.29, 0.717) is 24.8 Å². The van der Waals surface area contributed by atoms with Gasteiger partial charge < -0.3 is 4.84 Å². The smallest absolute Gasteiger partial charge is 0.249 e. The molecule has 1 aliphatic rings. The first-order valence-electron chi connectivity index (χ1n) is 7.80. The Kier molecular flexibility index (Phi) is 6.36. The minimum atomic E-state index is -2.56. The second kappa shape index (κ2) is 8.04. The van der Waals surface area contributed by atoms with Gasteiger partial charge in [-0.25, -0.2) is 8.78 Å². The molecule has 2 rings (SSSR count). The van der Waals surface area contributed by atoms with Crippen LogP contribution in [-0.2, 0) is 17.7 Å². The van der Waals surface area contributed by atoms with Crippen LogP contribution in [0.3, 0.4) is 0 Å². The van der Waals surface area contributed by atoms with E-state index in [4.69, 9.17) is 4.84 Å². The second-order valence-electron chi connectivity index (χ2n) is 5.60. The zero-order valence-electron chi connectivity index (χ0n) is 12.9. The Morgan fingerprint density at radius 3 is 2.82 bits per heavy atom. The van der Waals surface area contributed by atoms with Crippen LogP contribution in [0.1, 0.15) is 49.3 Å². The predicted octanol–water partition coefficient (Wildman–Crippen LogP) is 5.12. The SMILES string of the molecule is CCO/N=C1\CCc2cc(CCCC(F)(F)CCBr)ccc21. The standard InChI is InChI=1S/C17H22BrF2NO/c1-2-22-21-16-8-6-14-12-13(5-7-15(14)16)4-3-9-17(19,20)10-11-18/h5,7,12H,2-4,6,8-11H2,1H3/b21-16+. The van der Waals surface area contributed by atoms with E-state index in [9.17, 15) is 8.78 Å². The molecular weight excluding hydrogens is 352 g/mol. The summed E-state index contributed by atoms with van der Waals surface area (Å²) in [5.41, 5.74) is 4.52. The third kappa shape index (κ3) is 4.77. The Bertz CT molecular complexity index is 531. The number of nitrogens with zero attached hydrogens (tertiary/aromatic N) is 1. The molecule has 0 saturated carbocycles. The van der Waals surface area contributed by atoms with Gasteiger partial charge in [-0.2, -0.15) is 0 Å². The van der Waals surface area contributed by atoms with Crippen molar-refractivity contribution in [2.45, 2.75) is 51.4 Å². The topological polar surface area (TPSA) is 21.6 Å². The summed E-state index contributed by atoms with van der Waals surface area (Å²) >= 11 is 3.08. The van der Waals surface area contributed by atoms with Crippen molar-refractivity contribution in [3.05, 3.63) is 34.9 Å². The normalized spacial score (nSPS) is 16.1. The van der Waals surface area contributed by atoms with Gasteiger partial charge in [0.15, 0.2) is 0 Å². The van der Waals surface area contributed by atoms with Crippen LogP contribution in [0, 0.1) is 0 Å². The number of halogens is 3. The molecule has 1 aromatic rings. The summed E-state index contributed by atoms with van der Waals surface area (Å²) in [7, 11) is 0. The molecule has 0 radical (unpaired) electrons.